The second-order valence-electron chi connectivity index (χ2n) is 6.73. The highest BCUT2D eigenvalue weighted by molar-refractivity contribution is 5.80. The number of benzene rings is 1. The van der Waals surface area contributed by atoms with Crippen LogP contribution in [0.5, 0.6) is 5.75 Å². The summed E-state index contributed by atoms with van der Waals surface area (Å²) in [7, 11) is 3.59. The Bertz CT molecular complexity index is 531. The van der Waals surface area contributed by atoms with Gasteiger partial charge in [-0.2, -0.15) is 0 Å². The van der Waals surface area contributed by atoms with Crippen molar-refractivity contribution in [2.24, 2.45) is 10.9 Å². The van der Waals surface area contributed by atoms with Gasteiger partial charge >= 0.3 is 0 Å². The van der Waals surface area contributed by atoms with Crippen molar-refractivity contribution in [3.05, 3.63) is 24.3 Å². The molecule has 5 heteroatoms. The molecule has 0 spiro atoms. The number of anilines is 1. The molecule has 1 saturated heterocycles. The molecule has 0 amide bonds. The molecule has 1 aliphatic carbocycles. The lowest BCUT2D eigenvalue weighted by atomic mass is 10.2. The monoisotopic (exact) mass is 330 g/mol. The molecule has 132 valence electrons. The van der Waals surface area contributed by atoms with Crippen molar-refractivity contribution < 1.29 is 4.74 Å². The molecule has 1 saturated carbocycles. The Morgan fingerprint density at radius 2 is 1.88 bits per heavy atom. The smallest absolute Gasteiger partial charge is 0.193 e. The van der Waals surface area contributed by atoms with E-state index in [1.54, 1.807) is 7.11 Å². The number of aliphatic imine (C=N–C) groups is 1. The van der Waals surface area contributed by atoms with E-state index in [1.807, 2.05) is 19.2 Å². The number of hydrogen-bond acceptors (Lipinski definition) is 3. The molecule has 2 aliphatic rings. The normalized spacial score (nSPS) is 18.7. The summed E-state index contributed by atoms with van der Waals surface area (Å²) in [4.78, 5) is 9.26. The van der Waals surface area contributed by atoms with E-state index in [0.717, 1.165) is 50.4 Å². The van der Waals surface area contributed by atoms with Gasteiger partial charge in [-0.15, -0.1) is 0 Å². The lowest BCUT2D eigenvalue weighted by Crippen LogP contribution is -2.52. The zero-order valence-electron chi connectivity index (χ0n) is 15.0. The minimum absolute atomic E-state index is 0.910. The second-order valence-corrected chi connectivity index (χ2v) is 6.73. The first-order chi connectivity index (χ1) is 11.8. The van der Waals surface area contributed by atoms with Crippen LogP contribution in [0.2, 0.25) is 0 Å². The van der Waals surface area contributed by atoms with Gasteiger partial charge in [0.15, 0.2) is 5.96 Å². The van der Waals surface area contributed by atoms with Crippen molar-refractivity contribution in [2.75, 3.05) is 51.8 Å². The molecular formula is C19H30N4O. The van der Waals surface area contributed by atoms with E-state index in [1.165, 1.54) is 31.4 Å². The van der Waals surface area contributed by atoms with Gasteiger partial charge in [-0.05, 0) is 43.0 Å². The van der Waals surface area contributed by atoms with Crippen LogP contribution in [-0.4, -0.2) is 57.7 Å². The molecule has 0 bridgehead atoms. The minimum Gasteiger partial charge on any atom is -0.497 e. The third-order valence-electron chi connectivity index (χ3n) is 5.00. The first kappa shape index (κ1) is 16.9. The van der Waals surface area contributed by atoms with Crippen molar-refractivity contribution in [3.63, 3.8) is 0 Å². The van der Waals surface area contributed by atoms with Crippen LogP contribution < -0.4 is 15.0 Å². The van der Waals surface area contributed by atoms with E-state index >= 15 is 0 Å². The summed E-state index contributed by atoms with van der Waals surface area (Å²) in [6, 6.07) is 8.34. The summed E-state index contributed by atoms with van der Waals surface area (Å²) < 4.78 is 5.23. The number of rotatable bonds is 6. The topological polar surface area (TPSA) is 40.1 Å². The lowest BCUT2D eigenvalue weighted by Gasteiger charge is -2.37. The van der Waals surface area contributed by atoms with Gasteiger partial charge in [-0.25, -0.2) is 0 Å². The molecule has 1 heterocycles. The number of hydrogen-bond donors (Lipinski definition) is 1. The average molecular weight is 330 g/mol. The van der Waals surface area contributed by atoms with Crippen molar-refractivity contribution in [1.82, 2.24) is 10.2 Å². The Labute approximate surface area is 145 Å². The fourth-order valence-corrected chi connectivity index (χ4v) is 3.30. The van der Waals surface area contributed by atoms with E-state index in [0.29, 0.717) is 0 Å². The SMILES string of the molecule is CN=C(NCCCC1CC1)N1CCN(c2ccc(OC)cc2)CC1. The summed E-state index contributed by atoms with van der Waals surface area (Å²) in [5.41, 5.74) is 1.27. The van der Waals surface area contributed by atoms with Gasteiger partial charge < -0.3 is 19.9 Å². The molecule has 0 atom stereocenters. The van der Waals surface area contributed by atoms with Gasteiger partial charge in [0.2, 0.25) is 0 Å². The highest BCUT2D eigenvalue weighted by Gasteiger charge is 2.21. The molecule has 1 aliphatic heterocycles. The fourth-order valence-electron chi connectivity index (χ4n) is 3.30. The largest absolute Gasteiger partial charge is 0.497 e. The first-order valence-electron chi connectivity index (χ1n) is 9.14. The van der Waals surface area contributed by atoms with Crippen molar-refractivity contribution in [3.8, 4) is 5.75 Å². The Balaban J connectivity index is 1.43. The maximum atomic E-state index is 5.23. The highest BCUT2D eigenvalue weighted by atomic mass is 16.5. The van der Waals surface area contributed by atoms with E-state index < -0.39 is 0 Å². The third kappa shape index (κ3) is 4.56. The van der Waals surface area contributed by atoms with Gasteiger partial charge in [0.1, 0.15) is 5.75 Å². The van der Waals surface area contributed by atoms with Gasteiger partial charge in [0.25, 0.3) is 0 Å². The number of nitrogens with zero attached hydrogens (tertiary/aromatic N) is 3. The van der Waals surface area contributed by atoms with Crippen LogP contribution in [0.25, 0.3) is 0 Å². The van der Waals surface area contributed by atoms with E-state index in [-0.39, 0.29) is 0 Å². The van der Waals surface area contributed by atoms with Gasteiger partial charge in [-0.1, -0.05) is 12.8 Å². The number of guanidine groups is 1. The molecule has 1 N–H and O–H groups in total. The van der Waals surface area contributed by atoms with Crippen LogP contribution in [0.4, 0.5) is 5.69 Å². The Kier molecular flexibility index (Phi) is 5.83. The maximum absolute atomic E-state index is 5.23. The minimum atomic E-state index is 0.910. The predicted molar refractivity (Wildman–Crippen MR) is 100 cm³/mol. The first-order valence-corrected chi connectivity index (χ1v) is 9.14. The van der Waals surface area contributed by atoms with E-state index in [4.69, 9.17) is 4.74 Å². The Morgan fingerprint density at radius 1 is 1.17 bits per heavy atom. The summed E-state index contributed by atoms with van der Waals surface area (Å²) in [6.45, 7) is 5.11. The standard InChI is InChI=1S/C19H30N4O/c1-20-19(21-11-3-4-16-5-6-16)23-14-12-22(13-15-23)17-7-9-18(24-2)10-8-17/h7-10,16H,3-6,11-15H2,1-2H3,(H,20,21). The Hall–Kier alpha value is -1.91. The quantitative estimate of drug-likeness (QED) is 0.494. The molecular weight excluding hydrogens is 300 g/mol. The summed E-state index contributed by atoms with van der Waals surface area (Å²) >= 11 is 0. The van der Waals surface area contributed by atoms with Crippen LogP contribution in [0.3, 0.4) is 0 Å². The van der Waals surface area contributed by atoms with Crippen LogP contribution in [0.15, 0.2) is 29.3 Å². The van der Waals surface area contributed by atoms with Crippen LogP contribution in [-0.2, 0) is 0 Å². The van der Waals surface area contributed by atoms with Crippen LogP contribution >= 0.6 is 0 Å². The summed E-state index contributed by atoms with van der Waals surface area (Å²) in [5, 5.41) is 3.53. The highest BCUT2D eigenvalue weighted by Crippen LogP contribution is 2.33. The van der Waals surface area contributed by atoms with Gasteiger partial charge in [0, 0.05) is 45.5 Å². The van der Waals surface area contributed by atoms with E-state index in [9.17, 15) is 0 Å². The van der Waals surface area contributed by atoms with Gasteiger partial charge in [0.05, 0.1) is 7.11 Å². The van der Waals surface area contributed by atoms with Crippen molar-refractivity contribution in [2.45, 2.75) is 25.7 Å². The lowest BCUT2D eigenvalue weighted by molar-refractivity contribution is 0.372. The number of methoxy groups -OCH3 is 1. The molecule has 0 aromatic heterocycles. The molecule has 1 aromatic rings. The Morgan fingerprint density at radius 3 is 2.46 bits per heavy atom. The molecule has 0 unspecified atom stereocenters. The van der Waals surface area contributed by atoms with Crippen LogP contribution in [0.1, 0.15) is 25.7 Å². The molecule has 24 heavy (non-hydrogen) atoms. The summed E-state index contributed by atoms with van der Waals surface area (Å²) in [6.07, 6.45) is 5.52. The number of piperazine rings is 1. The van der Waals surface area contributed by atoms with Crippen molar-refractivity contribution >= 4 is 11.6 Å². The van der Waals surface area contributed by atoms with E-state index in [2.05, 4.69) is 32.2 Å². The summed E-state index contributed by atoms with van der Waals surface area (Å²) in [5.74, 6) is 2.98. The predicted octanol–water partition coefficient (Wildman–Crippen LogP) is 2.58. The number of ether oxygens (including phenoxy) is 1. The van der Waals surface area contributed by atoms with Crippen LogP contribution in [0, 0.1) is 5.92 Å². The zero-order chi connectivity index (χ0) is 16.8. The second kappa shape index (κ2) is 8.27. The molecule has 1 aromatic carbocycles. The maximum Gasteiger partial charge on any atom is 0.193 e. The fraction of sp³-hybridized carbons (Fsp3) is 0.632. The zero-order valence-corrected chi connectivity index (χ0v) is 15.0. The molecule has 3 rings (SSSR count). The van der Waals surface area contributed by atoms with Gasteiger partial charge in [-0.3, -0.25) is 4.99 Å². The molecule has 5 nitrogen and oxygen atoms in total. The van der Waals surface area contributed by atoms with Crippen molar-refractivity contribution in [1.29, 1.82) is 0 Å². The molecule has 2 fully saturated rings. The number of nitrogens with one attached hydrogen (secondary N) is 1. The average Bonchev–Trinajstić information content (AvgIpc) is 3.47. The molecule has 0 radical (unpaired) electrons. The third-order valence-corrected chi connectivity index (χ3v) is 5.00.